The Morgan fingerprint density at radius 1 is 1.19 bits per heavy atom. The number of ether oxygens (including phenoxy) is 1. The van der Waals surface area contributed by atoms with Crippen molar-refractivity contribution in [3.05, 3.63) is 64.7 Å². The molecule has 2 aromatic heterocycles. The molecule has 0 aliphatic carbocycles. The maximum Gasteiger partial charge on any atom is 0.437 e. The summed E-state index contributed by atoms with van der Waals surface area (Å²) in [6, 6.07) is 11.6. The van der Waals surface area contributed by atoms with Crippen LogP contribution in [0.1, 0.15) is 11.6 Å². The minimum absolute atomic E-state index is 0.167. The van der Waals surface area contributed by atoms with Gasteiger partial charge in [0.05, 0.1) is 17.9 Å². The number of para-hydroxylation sites is 1. The van der Waals surface area contributed by atoms with Gasteiger partial charge in [-0.15, -0.1) is 5.10 Å². The van der Waals surface area contributed by atoms with Crippen LogP contribution in [0.2, 0.25) is 0 Å². The molecule has 0 atom stereocenters. The van der Waals surface area contributed by atoms with E-state index in [0.29, 0.717) is 0 Å². The molecule has 21 heavy (non-hydrogen) atoms. The minimum atomic E-state index is -0.517. The molecule has 3 aromatic rings. The van der Waals surface area contributed by atoms with Crippen molar-refractivity contribution in [2.45, 2.75) is 13.2 Å². The van der Waals surface area contributed by atoms with E-state index in [-0.39, 0.29) is 19.0 Å². The molecule has 0 fully saturated rings. The maximum atomic E-state index is 11.6. The Labute approximate surface area is 120 Å². The largest absolute Gasteiger partial charge is 0.437 e. The number of hydrogen-bond donors (Lipinski definition) is 0. The first-order chi connectivity index (χ1) is 10.3. The van der Waals surface area contributed by atoms with E-state index in [1.54, 1.807) is 4.68 Å². The quantitative estimate of drug-likeness (QED) is 0.705. The number of hydrogen-bond acceptors (Lipinski definition) is 5. The second-order valence-corrected chi connectivity index (χ2v) is 4.44. The zero-order valence-electron chi connectivity index (χ0n) is 11.5. The lowest BCUT2D eigenvalue weighted by Crippen LogP contribution is -2.17. The Morgan fingerprint density at radius 2 is 2.00 bits per heavy atom. The van der Waals surface area contributed by atoms with Crippen molar-refractivity contribution >= 4 is 0 Å². The molecule has 0 spiro atoms. The van der Waals surface area contributed by atoms with E-state index in [0.717, 1.165) is 11.4 Å². The molecule has 0 amide bonds. The van der Waals surface area contributed by atoms with Gasteiger partial charge in [-0.05, 0) is 18.2 Å². The molecule has 0 aliphatic heterocycles. The molecule has 0 bridgehead atoms. The van der Waals surface area contributed by atoms with Crippen molar-refractivity contribution < 1.29 is 9.15 Å². The van der Waals surface area contributed by atoms with Crippen LogP contribution in [0.3, 0.4) is 0 Å². The molecule has 0 N–H and O–H groups in total. The van der Waals surface area contributed by atoms with Gasteiger partial charge in [0.25, 0.3) is 0 Å². The molecule has 0 aliphatic rings. The summed E-state index contributed by atoms with van der Waals surface area (Å²) >= 11 is 0. The Balaban J connectivity index is 1.80. The fraction of sp³-hybridized carbons (Fsp3) is 0.214. The third kappa shape index (κ3) is 2.92. The fourth-order valence-corrected chi connectivity index (χ4v) is 1.96. The van der Waals surface area contributed by atoms with Crippen LogP contribution in [0.4, 0.5) is 0 Å². The van der Waals surface area contributed by atoms with Gasteiger partial charge >= 0.3 is 5.76 Å². The van der Waals surface area contributed by atoms with Crippen LogP contribution in [-0.2, 0) is 17.9 Å². The Morgan fingerprint density at radius 3 is 2.76 bits per heavy atom. The van der Waals surface area contributed by atoms with Gasteiger partial charge in [0.2, 0.25) is 5.89 Å². The normalized spacial score (nSPS) is 10.9. The molecule has 7 nitrogen and oxygen atoms in total. The summed E-state index contributed by atoms with van der Waals surface area (Å²) in [6.07, 6.45) is 1.84. The lowest BCUT2D eigenvalue weighted by atomic mass is 10.3. The van der Waals surface area contributed by atoms with Crippen molar-refractivity contribution in [1.82, 2.24) is 19.6 Å². The van der Waals surface area contributed by atoms with Crippen molar-refractivity contribution in [3.8, 4) is 5.69 Å². The smallest absolute Gasteiger partial charge is 0.390 e. The average Bonchev–Trinajstić information content (AvgIpc) is 3.09. The summed E-state index contributed by atoms with van der Waals surface area (Å²) in [5.74, 6) is -0.263. The van der Waals surface area contributed by atoms with E-state index in [4.69, 9.17) is 9.15 Å². The predicted octanol–water partition coefficient (Wildman–Crippen LogP) is 1.22. The van der Waals surface area contributed by atoms with E-state index in [1.165, 1.54) is 11.8 Å². The van der Waals surface area contributed by atoms with Crippen LogP contribution >= 0.6 is 0 Å². The molecular formula is C14H14N4O3. The summed E-state index contributed by atoms with van der Waals surface area (Å²) in [5.41, 5.74) is 1.68. The molecule has 2 heterocycles. The average molecular weight is 286 g/mol. The molecular weight excluding hydrogens is 272 g/mol. The Kier molecular flexibility index (Phi) is 3.65. The minimum Gasteiger partial charge on any atom is -0.390 e. The second-order valence-electron chi connectivity index (χ2n) is 4.44. The van der Waals surface area contributed by atoms with Crippen molar-refractivity contribution in [2.24, 2.45) is 0 Å². The highest BCUT2D eigenvalue weighted by molar-refractivity contribution is 5.30. The lowest BCUT2D eigenvalue weighted by molar-refractivity contribution is 0.158. The summed E-state index contributed by atoms with van der Waals surface area (Å²) < 4.78 is 12.8. The van der Waals surface area contributed by atoms with Crippen LogP contribution in [0.25, 0.3) is 5.69 Å². The molecule has 7 heteroatoms. The molecule has 0 saturated carbocycles. The SMILES string of the molecule is COCc1nn(Cc2ccn(-c3ccccc3)n2)c(=O)o1. The van der Waals surface area contributed by atoms with E-state index in [1.807, 2.05) is 42.6 Å². The number of methoxy groups -OCH3 is 1. The predicted molar refractivity (Wildman–Crippen MR) is 74.1 cm³/mol. The number of benzene rings is 1. The van der Waals surface area contributed by atoms with Crippen LogP contribution < -0.4 is 5.76 Å². The number of nitrogens with zero attached hydrogens (tertiary/aromatic N) is 4. The van der Waals surface area contributed by atoms with Gasteiger partial charge in [0.15, 0.2) is 0 Å². The number of aromatic nitrogens is 4. The first kappa shape index (κ1) is 13.3. The summed E-state index contributed by atoms with van der Waals surface area (Å²) in [4.78, 5) is 11.6. The molecule has 108 valence electrons. The van der Waals surface area contributed by atoms with Crippen molar-refractivity contribution in [3.63, 3.8) is 0 Å². The van der Waals surface area contributed by atoms with Crippen LogP contribution in [0.15, 0.2) is 51.8 Å². The van der Waals surface area contributed by atoms with E-state index in [9.17, 15) is 4.79 Å². The third-order valence-corrected chi connectivity index (χ3v) is 2.89. The first-order valence-electron chi connectivity index (χ1n) is 6.42. The first-order valence-corrected chi connectivity index (χ1v) is 6.42. The maximum absolute atomic E-state index is 11.6. The van der Waals surface area contributed by atoms with E-state index >= 15 is 0 Å². The van der Waals surface area contributed by atoms with Gasteiger partial charge in [0, 0.05) is 13.3 Å². The topological polar surface area (TPSA) is 75.1 Å². The van der Waals surface area contributed by atoms with E-state index in [2.05, 4.69) is 10.2 Å². The van der Waals surface area contributed by atoms with Gasteiger partial charge in [-0.3, -0.25) is 0 Å². The molecule has 3 rings (SSSR count). The van der Waals surface area contributed by atoms with Crippen LogP contribution in [0, 0.1) is 0 Å². The van der Waals surface area contributed by atoms with Crippen LogP contribution in [-0.4, -0.2) is 26.7 Å². The highest BCUT2D eigenvalue weighted by atomic mass is 16.5. The Bertz CT molecular complexity index is 773. The highest BCUT2D eigenvalue weighted by Gasteiger charge is 2.10. The summed E-state index contributed by atoms with van der Waals surface area (Å²) in [5, 5.41) is 8.46. The summed E-state index contributed by atoms with van der Waals surface area (Å²) in [7, 11) is 1.51. The zero-order chi connectivity index (χ0) is 14.7. The van der Waals surface area contributed by atoms with Gasteiger partial charge in [-0.1, -0.05) is 18.2 Å². The van der Waals surface area contributed by atoms with Gasteiger partial charge in [-0.25, -0.2) is 9.48 Å². The van der Waals surface area contributed by atoms with Gasteiger partial charge in [-0.2, -0.15) is 9.78 Å². The lowest BCUT2D eigenvalue weighted by Gasteiger charge is -1.99. The Hall–Kier alpha value is -2.67. The molecule has 0 unspecified atom stereocenters. The number of rotatable bonds is 5. The van der Waals surface area contributed by atoms with Gasteiger partial charge in [0.1, 0.15) is 6.61 Å². The summed E-state index contributed by atoms with van der Waals surface area (Å²) in [6.45, 7) is 0.423. The standard InChI is InChI=1S/C14H14N4O3/c1-20-10-13-16-18(14(19)21-13)9-11-7-8-17(15-11)12-5-3-2-4-6-12/h2-8H,9-10H2,1H3. The van der Waals surface area contributed by atoms with Gasteiger partial charge < -0.3 is 9.15 Å². The monoisotopic (exact) mass is 286 g/mol. The van der Waals surface area contributed by atoms with E-state index < -0.39 is 5.76 Å². The van der Waals surface area contributed by atoms with Crippen molar-refractivity contribution in [1.29, 1.82) is 0 Å². The molecule has 1 aromatic carbocycles. The highest BCUT2D eigenvalue weighted by Crippen LogP contribution is 2.07. The fourth-order valence-electron chi connectivity index (χ4n) is 1.96. The molecule has 0 saturated heterocycles. The third-order valence-electron chi connectivity index (χ3n) is 2.89. The second kappa shape index (κ2) is 5.76. The molecule has 0 radical (unpaired) electrons. The zero-order valence-corrected chi connectivity index (χ0v) is 11.5. The van der Waals surface area contributed by atoms with Crippen molar-refractivity contribution in [2.75, 3.05) is 7.11 Å². The van der Waals surface area contributed by atoms with Crippen LogP contribution in [0.5, 0.6) is 0 Å².